The molecule has 1 fully saturated rings. The first kappa shape index (κ1) is 46.0. The standard InChI is InChI=1S/C44H51FN10O9/c1-4-52-23-32(41(58)59)39(56)31-21-33(45)37(22-36(31)52)53-17-19-54(20-18-53)44(62)64-26-29-12-14-30(15-13-29)48-40(57)35(11-8-16-47-42(46)60)55-24-34(50-51-55)38(27(2)3)49-43(61)63-25-28-9-6-5-7-10-28/h5-7,9-10,12-15,21-24,27,35,38H,4,8,11,16-20,25-26H2,1-3H3,(H,48,57)(H,49,61)(H,58,59)(H3,46,47,60)/t35-,38-/m0/s1. The Labute approximate surface area is 367 Å². The topological polar surface area (TPSA) is 245 Å². The molecule has 0 radical (unpaired) electrons. The fraction of sp³-hybridized carbons (Fsp3) is 0.364. The number of aromatic carboxylic acids is 1. The van der Waals surface area contributed by atoms with Crippen LogP contribution in [0.2, 0.25) is 0 Å². The van der Waals surface area contributed by atoms with Crippen molar-refractivity contribution in [2.45, 2.75) is 65.5 Å². The lowest BCUT2D eigenvalue weighted by atomic mass is 10.0. The van der Waals surface area contributed by atoms with Gasteiger partial charge in [-0.05, 0) is 61.1 Å². The number of anilines is 2. The molecule has 1 saturated heterocycles. The molecule has 5 aromatic rings. The van der Waals surface area contributed by atoms with Crippen molar-refractivity contribution in [2.75, 3.05) is 42.9 Å². The van der Waals surface area contributed by atoms with Crippen molar-refractivity contribution in [3.8, 4) is 0 Å². The van der Waals surface area contributed by atoms with Crippen LogP contribution >= 0.6 is 0 Å². The number of ether oxygens (including phenoxy) is 2. The summed E-state index contributed by atoms with van der Waals surface area (Å²) in [6.07, 6.45) is 2.30. The first-order valence-electron chi connectivity index (χ1n) is 20.8. The van der Waals surface area contributed by atoms with E-state index in [1.165, 1.54) is 21.8 Å². The number of carboxylic acids is 1. The van der Waals surface area contributed by atoms with Crippen LogP contribution in [0.3, 0.4) is 0 Å². The first-order valence-corrected chi connectivity index (χ1v) is 20.8. The van der Waals surface area contributed by atoms with Gasteiger partial charge in [-0.25, -0.2) is 28.3 Å². The van der Waals surface area contributed by atoms with Crippen molar-refractivity contribution in [2.24, 2.45) is 11.7 Å². The van der Waals surface area contributed by atoms with Gasteiger partial charge in [0, 0.05) is 56.5 Å². The highest BCUT2D eigenvalue weighted by Gasteiger charge is 2.28. The van der Waals surface area contributed by atoms with Gasteiger partial charge >= 0.3 is 24.2 Å². The lowest BCUT2D eigenvalue weighted by molar-refractivity contribution is -0.119. The van der Waals surface area contributed by atoms with E-state index in [0.717, 1.165) is 11.6 Å². The van der Waals surface area contributed by atoms with Gasteiger partial charge in [0.05, 0.1) is 23.4 Å². The molecular weight excluding hydrogens is 832 g/mol. The molecule has 0 bridgehead atoms. The Morgan fingerprint density at radius 1 is 0.922 bits per heavy atom. The summed E-state index contributed by atoms with van der Waals surface area (Å²) < 4.78 is 29.4. The molecule has 2 atom stereocenters. The molecule has 20 heteroatoms. The number of alkyl carbamates (subject to hydrolysis) is 1. The number of piperazine rings is 1. The van der Waals surface area contributed by atoms with E-state index in [-0.39, 0.29) is 69.3 Å². The number of benzene rings is 3. The summed E-state index contributed by atoms with van der Waals surface area (Å²) in [7, 11) is 0. The van der Waals surface area contributed by atoms with Crippen molar-refractivity contribution < 1.29 is 42.9 Å². The smallest absolute Gasteiger partial charge is 0.410 e. The quantitative estimate of drug-likeness (QED) is 0.0761. The van der Waals surface area contributed by atoms with Gasteiger partial charge in [-0.15, -0.1) is 5.10 Å². The van der Waals surface area contributed by atoms with E-state index in [1.54, 1.807) is 46.9 Å². The second-order valence-corrected chi connectivity index (χ2v) is 15.5. The van der Waals surface area contributed by atoms with Crippen molar-refractivity contribution in [3.05, 3.63) is 118 Å². The van der Waals surface area contributed by atoms with E-state index >= 15 is 4.39 Å². The molecule has 0 unspecified atom stereocenters. The number of rotatable bonds is 17. The number of amides is 5. The minimum Gasteiger partial charge on any atom is -0.477 e. The maximum Gasteiger partial charge on any atom is 0.410 e. The van der Waals surface area contributed by atoms with Crippen molar-refractivity contribution >= 4 is 52.4 Å². The van der Waals surface area contributed by atoms with E-state index in [4.69, 9.17) is 15.2 Å². The number of nitrogens with one attached hydrogen (secondary N) is 3. The zero-order valence-electron chi connectivity index (χ0n) is 35.7. The van der Waals surface area contributed by atoms with Crippen LogP contribution in [-0.4, -0.2) is 92.4 Å². The number of pyridine rings is 1. The molecule has 0 spiro atoms. The van der Waals surface area contributed by atoms with Gasteiger partial charge in [-0.2, -0.15) is 0 Å². The Morgan fingerprint density at radius 2 is 1.61 bits per heavy atom. The lowest BCUT2D eigenvalue weighted by Gasteiger charge is -2.35. The number of fused-ring (bicyclic) bond motifs is 1. The zero-order chi connectivity index (χ0) is 45.9. The van der Waals surface area contributed by atoms with Gasteiger partial charge in [-0.3, -0.25) is 9.59 Å². The molecular formula is C44H51FN10O9. The van der Waals surface area contributed by atoms with Crippen LogP contribution in [-0.2, 0) is 34.0 Å². The Balaban J connectivity index is 1.03. The minimum atomic E-state index is -1.39. The number of nitrogens with zero attached hydrogens (tertiary/aromatic N) is 6. The number of carbonyl (C=O) groups excluding carboxylic acids is 4. The number of halogens is 1. The third kappa shape index (κ3) is 11.5. The van der Waals surface area contributed by atoms with E-state index in [2.05, 4.69) is 26.3 Å². The van der Waals surface area contributed by atoms with Crippen LogP contribution in [0.4, 0.5) is 30.1 Å². The molecule has 0 aliphatic carbocycles. The third-order valence-corrected chi connectivity index (χ3v) is 10.8. The molecule has 0 saturated carbocycles. The summed E-state index contributed by atoms with van der Waals surface area (Å²) in [4.78, 5) is 78.5. The fourth-order valence-electron chi connectivity index (χ4n) is 7.28. The van der Waals surface area contributed by atoms with Gasteiger partial charge in [0.1, 0.15) is 36.3 Å². The molecule has 3 aromatic carbocycles. The second kappa shape index (κ2) is 21.0. The number of aryl methyl sites for hydroxylation is 1. The number of carbonyl (C=O) groups is 5. The number of urea groups is 1. The molecule has 64 heavy (non-hydrogen) atoms. The fourth-order valence-corrected chi connectivity index (χ4v) is 7.28. The SMILES string of the molecule is CCn1cc(C(=O)O)c(=O)c2cc(F)c(N3CCN(C(=O)OCc4ccc(NC(=O)[C@H](CCCNC(N)=O)n5cc([C@@H](NC(=O)OCc6ccccc6)C(C)C)nn5)cc4)CC3)cc21. The molecule has 6 N–H and O–H groups in total. The molecule has 2 aromatic heterocycles. The first-order chi connectivity index (χ1) is 30.7. The molecule has 338 valence electrons. The highest BCUT2D eigenvalue weighted by molar-refractivity contribution is 5.94. The van der Waals surface area contributed by atoms with E-state index in [9.17, 15) is 33.9 Å². The minimum absolute atomic E-state index is 0.0249. The average Bonchev–Trinajstić information content (AvgIpc) is 3.76. The van der Waals surface area contributed by atoms with Crippen LogP contribution in [0.1, 0.15) is 72.9 Å². The van der Waals surface area contributed by atoms with E-state index in [1.807, 2.05) is 44.2 Å². The Hall–Kier alpha value is -7.51. The molecule has 6 rings (SSSR count). The Kier molecular flexibility index (Phi) is 15.1. The summed E-state index contributed by atoms with van der Waals surface area (Å²) >= 11 is 0. The maximum absolute atomic E-state index is 15.4. The molecule has 1 aliphatic heterocycles. The van der Waals surface area contributed by atoms with Gasteiger partial charge in [0.2, 0.25) is 11.3 Å². The molecule has 3 heterocycles. The summed E-state index contributed by atoms with van der Waals surface area (Å²) in [5.41, 5.74) is 7.04. The van der Waals surface area contributed by atoms with Crippen molar-refractivity contribution in [1.29, 1.82) is 0 Å². The lowest BCUT2D eigenvalue weighted by Crippen LogP contribution is -2.49. The van der Waals surface area contributed by atoms with Crippen LogP contribution in [0, 0.1) is 11.7 Å². The summed E-state index contributed by atoms with van der Waals surface area (Å²) in [6, 6.07) is 16.5. The predicted molar refractivity (Wildman–Crippen MR) is 233 cm³/mol. The zero-order valence-corrected chi connectivity index (χ0v) is 35.7. The molecule has 19 nitrogen and oxygen atoms in total. The summed E-state index contributed by atoms with van der Waals surface area (Å²) in [5, 5.41) is 26.2. The van der Waals surface area contributed by atoms with Gasteiger partial charge < -0.3 is 50.6 Å². The summed E-state index contributed by atoms with van der Waals surface area (Å²) in [5.74, 6) is -2.58. The predicted octanol–water partition coefficient (Wildman–Crippen LogP) is 5.16. The number of nitrogens with two attached hydrogens (primary N) is 1. The average molecular weight is 883 g/mol. The van der Waals surface area contributed by atoms with Crippen LogP contribution in [0.15, 0.2) is 83.9 Å². The summed E-state index contributed by atoms with van der Waals surface area (Å²) in [6.45, 7) is 7.26. The number of hydrogen-bond acceptors (Lipinski definition) is 11. The van der Waals surface area contributed by atoms with E-state index < -0.39 is 59.0 Å². The molecule has 5 amide bonds. The highest BCUT2D eigenvalue weighted by atomic mass is 19.1. The monoisotopic (exact) mass is 882 g/mol. The number of primary amides is 1. The van der Waals surface area contributed by atoms with Gasteiger partial charge in [0.25, 0.3) is 0 Å². The van der Waals surface area contributed by atoms with Crippen molar-refractivity contribution in [1.82, 2.24) is 35.1 Å². The van der Waals surface area contributed by atoms with Gasteiger partial charge in [0.15, 0.2) is 0 Å². The largest absolute Gasteiger partial charge is 0.477 e. The number of hydrogen-bond donors (Lipinski definition) is 5. The molecule has 1 aliphatic rings. The Bertz CT molecular complexity index is 2520. The van der Waals surface area contributed by atoms with Crippen LogP contribution in [0.25, 0.3) is 10.9 Å². The van der Waals surface area contributed by atoms with Gasteiger partial charge in [-0.1, -0.05) is 61.5 Å². The Morgan fingerprint density at radius 3 is 2.27 bits per heavy atom. The number of aromatic nitrogens is 4. The van der Waals surface area contributed by atoms with Crippen molar-refractivity contribution in [3.63, 3.8) is 0 Å². The maximum atomic E-state index is 15.4. The second-order valence-electron chi connectivity index (χ2n) is 15.5. The highest BCUT2D eigenvalue weighted by Crippen LogP contribution is 2.27. The normalized spacial score (nSPS) is 13.6. The van der Waals surface area contributed by atoms with E-state index in [0.29, 0.717) is 35.4 Å². The van der Waals surface area contributed by atoms with Crippen LogP contribution < -0.4 is 32.0 Å². The number of carboxylic acid groups (broad SMARTS) is 1. The third-order valence-electron chi connectivity index (χ3n) is 10.8. The van der Waals surface area contributed by atoms with Crippen LogP contribution in [0.5, 0.6) is 0 Å².